The van der Waals surface area contributed by atoms with Gasteiger partial charge in [0.15, 0.2) is 0 Å². The number of para-hydroxylation sites is 5. The van der Waals surface area contributed by atoms with E-state index in [1.54, 1.807) is 42.5 Å². The molecule has 2 heterocycles. The van der Waals surface area contributed by atoms with Crippen molar-refractivity contribution in [2.75, 3.05) is 57.7 Å². The molecule has 2 aliphatic rings. The standard InChI is InChI=1S/C16H14F3N3O.C14H10F3NO2.C8H10N2/c17-12-6-5-10(9-11(12)15(18)19)21-16(23)22-8-7-20-13-3-1-2-4-14(13)22;15-12-7-6-9(8-11(12)13(16)17)18-14(19)20-10-4-2-1-3-5-10;1-2-4-8-7(3-1)9-5-6-10-8/h1-6,9,15,20H,7-8H2,(H,21,23);1-8,13H,(H,18,19);1-4,9-10H,5-6H2. The van der Waals surface area contributed by atoms with E-state index in [2.05, 4.69) is 38.7 Å². The minimum Gasteiger partial charge on any atom is -0.410 e. The molecule has 0 aliphatic carbocycles. The number of nitrogens with zero attached hydrogens (tertiary/aromatic N) is 1. The highest BCUT2D eigenvalue weighted by Gasteiger charge is 2.23. The van der Waals surface area contributed by atoms with Crippen LogP contribution < -0.4 is 36.2 Å². The lowest BCUT2D eigenvalue weighted by Crippen LogP contribution is -2.41. The fourth-order valence-corrected chi connectivity index (χ4v) is 5.19. The molecule has 0 saturated heterocycles. The number of alkyl halides is 4. The molecule has 5 aromatic carbocycles. The number of carbonyl (C=O) groups is 2. The lowest BCUT2D eigenvalue weighted by atomic mass is 10.2. The first-order chi connectivity index (χ1) is 25.6. The van der Waals surface area contributed by atoms with Crippen molar-refractivity contribution in [2.45, 2.75) is 12.9 Å². The molecule has 0 aromatic heterocycles. The Bertz CT molecular complexity index is 1980. The molecule has 2 aliphatic heterocycles. The molecular formula is C38H34F6N6O3. The first kappa shape index (κ1) is 37.9. The number of rotatable bonds is 5. The molecule has 9 nitrogen and oxygen atoms in total. The number of fused-ring (bicyclic) bond motifs is 2. The van der Waals surface area contributed by atoms with Crippen LogP contribution in [0.1, 0.15) is 24.0 Å². The summed E-state index contributed by atoms with van der Waals surface area (Å²) < 4.78 is 81.8. The number of ether oxygens (including phenoxy) is 1. The lowest BCUT2D eigenvalue weighted by Gasteiger charge is -2.30. The maximum atomic E-state index is 13.3. The van der Waals surface area contributed by atoms with E-state index in [0.29, 0.717) is 24.5 Å². The summed E-state index contributed by atoms with van der Waals surface area (Å²) in [6.45, 7) is 3.07. The molecule has 7 rings (SSSR count). The first-order valence-electron chi connectivity index (χ1n) is 16.3. The molecule has 0 radical (unpaired) electrons. The number of carbonyl (C=O) groups excluding carboxylic acids is 2. The number of anilines is 6. The molecule has 0 spiro atoms. The van der Waals surface area contributed by atoms with Crippen molar-refractivity contribution in [1.29, 1.82) is 0 Å². The third-order valence-corrected chi connectivity index (χ3v) is 7.69. The number of halogens is 6. The van der Waals surface area contributed by atoms with Gasteiger partial charge >= 0.3 is 12.1 Å². The Hall–Kier alpha value is -6.38. The Morgan fingerprint density at radius 1 is 0.604 bits per heavy atom. The van der Waals surface area contributed by atoms with Crippen LogP contribution in [0.3, 0.4) is 0 Å². The number of urea groups is 1. The molecular weight excluding hydrogens is 702 g/mol. The summed E-state index contributed by atoms with van der Waals surface area (Å²) >= 11 is 0. The number of amides is 3. The van der Waals surface area contributed by atoms with Gasteiger partial charge < -0.3 is 26.0 Å². The summed E-state index contributed by atoms with van der Waals surface area (Å²) in [6, 6.07) is 29.3. The van der Waals surface area contributed by atoms with E-state index in [0.717, 1.165) is 43.0 Å². The summed E-state index contributed by atoms with van der Waals surface area (Å²) in [4.78, 5) is 25.4. The molecule has 0 fully saturated rings. The van der Waals surface area contributed by atoms with Crippen molar-refractivity contribution < 1.29 is 40.7 Å². The van der Waals surface area contributed by atoms with Crippen LogP contribution in [0.15, 0.2) is 115 Å². The summed E-state index contributed by atoms with van der Waals surface area (Å²) in [5, 5.41) is 14.6. The monoisotopic (exact) mass is 736 g/mol. The molecule has 0 saturated carbocycles. The smallest absolute Gasteiger partial charge is 0.410 e. The average molecular weight is 737 g/mol. The largest absolute Gasteiger partial charge is 0.417 e. The van der Waals surface area contributed by atoms with Gasteiger partial charge in [0.2, 0.25) is 0 Å². The quantitative estimate of drug-likeness (QED) is 0.115. The summed E-state index contributed by atoms with van der Waals surface area (Å²) in [7, 11) is 0. The van der Waals surface area contributed by atoms with Gasteiger partial charge in [0.05, 0.1) is 33.9 Å². The van der Waals surface area contributed by atoms with Crippen molar-refractivity contribution in [1.82, 2.24) is 0 Å². The van der Waals surface area contributed by atoms with E-state index in [1.807, 2.05) is 24.3 Å². The number of nitrogens with one attached hydrogen (secondary N) is 5. The highest BCUT2D eigenvalue weighted by Crippen LogP contribution is 2.30. The SMILES string of the molecule is O=C(Nc1ccc(F)c(C(F)F)c1)N1CCNc2ccccc21.O=C(Nc1ccc(F)c(C(F)F)c1)Oc1ccccc1.c1ccc2c(c1)NCCN2. The second-order valence-corrected chi connectivity index (χ2v) is 11.3. The van der Waals surface area contributed by atoms with Crippen LogP contribution in [0, 0.1) is 11.6 Å². The number of benzene rings is 5. The second kappa shape index (κ2) is 18.2. The van der Waals surface area contributed by atoms with Crippen LogP contribution in [0.4, 0.5) is 70.1 Å². The van der Waals surface area contributed by atoms with Gasteiger partial charge in [-0.05, 0) is 72.8 Å². The molecule has 53 heavy (non-hydrogen) atoms. The summed E-state index contributed by atoms with van der Waals surface area (Å²) in [5.74, 6) is -1.71. The second-order valence-electron chi connectivity index (χ2n) is 11.3. The van der Waals surface area contributed by atoms with Crippen molar-refractivity contribution in [3.63, 3.8) is 0 Å². The maximum Gasteiger partial charge on any atom is 0.417 e. The predicted molar refractivity (Wildman–Crippen MR) is 194 cm³/mol. The van der Waals surface area contributed by atoms with Crippen LogP contribution >= 0.6 is 0 Å². The molecule has 0 bridgehead atoms. The lowest BCUT2D eigenvalue weighted by molar-refractivity contribution is 0.146. The molecule has 0 unspecified atom stereocenters. The van der Waals surface area contributed by atoms with Gasteiger partial charge in [-0.3, -0.25) is 10.2 Å². The van der Waals surface area contributed by atoms with Crippen molar-refractivity contribution in [3.05, 3.63) is 138 Å². The predicted octanol–water partition coefficient (Wildman–Crippen LogP) is 10.1. The number of hydrogen-bond donors (Lipinski definition) is 5. The third-order valence-electron chi connectivity index (χ3n) is 7.69. The van der Waals surface area contributed by atoms with Gasteiger partial charge in [-0.15, -0.1) is 0 Å². The van der Waals surface area contributed by atoms with Crippen LogP contribution in [-0.4, -0.2) is 38.3 Å². The zero-order valence-electron chi connectivity index (χ0n) is 27.9. The van der Waals surface area contributed by atoms with Gasteiger partial charge in [0.1, 0.15) is 17.4 Å². The van der Waals surface area contributed by atoms with E-state index in [9.17, 15) is 35.9 Å². The van der Waals surface area contributed by atoms with Crippen LogP contribution in [0.25, 0.3) is 0 Å². The highest BCUT2D eigenvalue weighted by molar-refractivity contribution is 6.04. The minimum atomic E-state index is -2.96. The van der Waals surface area contributed by atoms with Crippen LogP contribution in [0.5, 0.6) is 5.75 Å². The van der Waals surface area contributed by atoms with E-state index >= 15 is 0 Å². The van der Waals surface area contributed by atoms with Crippen molar-refractivity contribution >= 4 is 46.2 Å². The molecule has 276 valence electrons. The van der Waals surface area contributed by atoms with Gasteiger partial charge in [-0.2, -0.15) is 0 Å². The topological polar surface area (TPSA) is 107 Å². The van der Waals surface area contributed by atoms with Crippen LogP contribution in [0.2, 0.25) is 0 Å². The van der Waals surface area contributed by atoms with Crippen LogP contribution in [-0.2, 0) is 0 Å². The van der Waals surface area contributed by atoms with E-state index in [-0.39, 0.29) is 11.4 Å². The Balaban J connectivity index is 0.000000164. The molecule has 3 amide bonds. The summed E-state index contributed by atoms with van der Waals surface area (Å²) in [6.07, 6.45) is -6.74. The van der Waals surface area contributed by atoms with Crippen molar-refractivity contribution in [3.8, 4) is 5.75 Å². The summed E-state index contributed by atoms with van der Waals surface area (Å²) in [5.41, 5.74) is 2.60. The zero-order chi connectivity index (χ0) is 37.7. The Kier molecular flexibility index (Phi) is 13.0. The Morgan fingerprint density at radius 2 is 1.09 bits per heavy atom. The van der Waals surface area contributed by atoms with Gasteiger partial charge in [0.25, 0.3) is 12.9 Å². The highest BCUT2D eigenvalue weighted by atomic mass is 19.3. The van der Waals surface area contributed by atoms with Crippen molar-refractivity contribution in [2.24, 2.45) is 0 Å². The third kappa shape index (κ3) is 10.6. The van der Waals surface area contributed by atoms with Gasteiger partial charge in [-0.25, -0.2) is 35.9 Å². The first-order valence-corrected chi connectivity index (χ1v) is 16.3. The molecule has 5 N–H and O–H groups in total. The molecule has 5 aromatic rings. The van der Waals surface area contributed by atoms with E-state index < -0.39 is 47.7 Å². The fourth-order valence-electron chi connectivity index (χ4n) is 5.19. The Morgan fingerprint density at radius 3 is 1.66 bits per heavy atom. The Labute approximate surface area is 301 Å². The normalized spacial score (nSPS) is 12.6. The van der Waals surface area contributed by atoms with Gasteiger partial charge in [-0.1, -0.05) is 42.5 Å². The molecule has 15 heteroatoms. The number of hydrogen-bond acceptors (Lipinski definition) is 6. The van der Waals surface area contributed by atoms with Gasteiger partial charge in [0, 0.05) is 37.6 Å². The van der Waals surface area contributed by atoms with E-state index in [4.69, 9.17) is 4.74 Å². The maximum absolute atomic E-state index is 13.3. The fraction of sp³-hybridized carbons (Fsp3) is 0.158. The minimum absolute atomic E-state index is 0.0302. The average Bonchev–Trinajstić information content (AvgIpc) is 3.17. The zero-order valence-corrected chi connectivity index (χ0v) is 27.9. The van der Waals surface area contributed by atoms with E-state index in [1.165, 1.54) is 28.4 Å². The molecule has 0 atom stereocenters.